The van der Waals surface area contributed by atoms with Crippen LogP contribution in [0.4, 0.5) is 29.6 Å². The van der Waals surface area contributed by atoms with E-state index in [0.717, 1.165) is 37.4 Å². The fraction of sp³-hybridized carbons (Fsp3) is 0.458. The normalized spacial score (nSPS) is 20.6. The van der Waals surface area contributed by atoms with Crippen LogP contribution in [0.1, 0.15) is 49.7 Å². The van der Waals surface area contributed by atoms with Gasteiger partial charge in [0.2, 0.25) is 5.95 Å². The first-order valence-corrected chi connectivity index (χ1v) is 11.7. The van der Waals surface area contributed by atoms with Gasteiger partial charge >= 0.3 is 12.3 Å². The Kier molecular flexibility index (Phi) is 6.04. The maximum Gasteiger partial charge on any atom is 0.419 e. The van der Waals surface area contributed by atoms with Gasteiger partial charge in [-0.15, -0.1) is 0 Å². The quantitative estimate of drug-likeness (QED) is 0.391. The van der Waals surface area contributed by atoms with E-state index in [2.05, 4.69) is 37.8 Å². The Hall–Kier alpha value is -3.34. The van der Waals surface area contributed by atoms with Crippen molar-refractivity contribution >= 4 is 28.6 Å². The first-order valence-electron chi connectivity index (χ1n) is 11.7. The second-order valence-corrected chi connectivity index (χ2v) is 9.22. The summed E-state index contributed by atoms with van der Waals surface area (Å²) in [5, 5.41) is 9.86. The molecule has 3 aromatic rings. The van der Waals surface area contributed by atoms with E-state index in [1.807, 2.05) is 0 Å². The van der Waals surface area contributed by atoms with Crippen molar-refractivity contribution < 1.29 is 22.7 Å². The van der Waals surface area contributed by atoms with E-state index in [4.69, 9.17) is 4.74 Å². The number of H-pyrrole nitrogens is 1. The average molecular weight is 489 g/mol. The van der Waals surface area contributed by atoms with E-state index >= 15 is 0 Å². The summed E-state index contributed by atoms with van der Waals surface area (Å²) in [6.45, 7) is 2.79. The second kappa shape index (κ2) is 9.03. The van der Waals surface area contributed by atoms with Gasteiger partial charge in [-0.3, -0.25) is 5.32 Å². The van der Waals surface area contributed by atoms with Gasteiger partial charge in [-0.25, -0.2) is 14.8 Å². The summed E-state index contributed by atoms with van der Waals surface area (Å²) in [5.41, 5.74) is 1.38. The number of anilines is 2. The first-order chi connectivity index (χ1) is 16.7. The molecule has 1 amide bonds. The summed E-state index contributed by atoms with van der Waals surface area (Å²) >= 11 is 0. The largest absolute Gasteiger partial charge is 0.453 e. The lowest BCUT2D eigenvalue weighted by atomic mass is 10.00. The lowest BCUT2D eigenvalue weighted by Crippen LogP contribution is -2.43. The molecule has 2 aromatic heterocycles. The number of carbonyl (C=O) groups is 1. The Morgan fingerprint density at radius 2 is 2.00 bits per heavy atom. The van der Waals surface area contributed by atoms with Crippen molar-refractivity contribution in [3.05, 3.63) is 35.7 Å². The summed E-state index contributed by atoms with van der Waals surface area (Å²) < 4.78 is 46.6. The summed E-state index contributed by atoms with van der Waals surface area (Å²) in [6.07, 6.45) is 0.877. The molecule has 0 spiro atoms. The molecule has 3 heterocycles. The molecule has 1 aliphatic carbocycles. The molecule has 11 heteroatoms. The average Bonchev–Trinajstić information content (AvgIpc) is 3.57. The molecule has 0 unspecified atom stereocenters. The third-order valence-electron chi connectivity index (χ3n) is 6.65. The van der Waals surface area contributed by atoms with E-state index in [-0.39, 0.29) is 23.6 Å². The van der Waals surface area contributed by atoms with Crippen molar-refractivity contribution in [2.75, 3.05) is 24.3 Å². The van der Waals surface area contributed by atoms with Gasteiger partial charge in [0.15, 0.2) is 0 Å². The Morgan fingerprint density at radius 3 is 2.66 bits per heavy atom. The van der Waals surface area contributed by atoms with Crippen LogP contribution < -0.4 is 16.0 Å². The number of hydrogen-bond acceptors (Lipinski definition) is 6. The molecule has 35 heavy (non-hydrogen) atoms. The van der Waals surface area contributed by atoms with Gasteiger partial charge in [-0.05, 0) is 44.6 Å². The molecule has 1 saturated carbocycles. The molecular formula is C24H27F3N6O2. The van der Waals surface area contributed by atoms with Crippen LogP contribution in [0.15, 0.2) is 24.5 Å². The van der Waals surface area contributed by atoms with Gasteiger partial charge in [0.1, 0.15) is 5.56 Å². The number of fused-ring (bicyclic) bond motifs is 1. The molecule has 186 valence electrons. The minimum Gasteiger partial charge on any atom is -0.453 e. The Balaban J connectivity index is 1.57. The number of hydrogen-bond donors (Lipinski definition) is 4. The third kappa shape index (κ3) is 4.77. The number of alkyl halides is 3. The zero-order valence-electron chi connectivity index (χ0n) is 19.4. The number of ether oxygens (including phenoxy) is 1. The van der Waals surface area contributed by atoms with Crippen molar-refractivity contribution in [1.29, 1.82) is 0 Å². The molecule has 8 nitrogen and oxygen atoms in total. The van der Waals surface area contributed by atoms with Gasteiger partial charge in [0.05, 0.1) is 18.3 Å². The molecule has 4 N–H and O–H groups in total. The number of nitrogens with zero attached hydrogens (tertiary/aromatic N) is 2. The predicted octanol–water partition coefficient (Wildman–Crippen LogP) is 5.25. The zero-order valence-corrected chi connectivity index (χ0v) is 19.4. The molecule has 1 saturated heterocycles. The molecule has 1 aliphatic heterocycles. The molecular weight excluding hydrogens is 461 g/mol. The number of methoxy groups -OCH3 is 1. The van der Waals surface area contributed by atoms with Crippen LogP contribution in [0.2, 0.25) is 0 Å². The maximum absolute atomic E-state index is 14.0. The van der Waals surface area contributed by atoms with Gasteiger partial charge in [-0.1, -0.05) is 6.07 Å². The van der Waals surface area contributed by atoms with Gasteiger partial charge in [0.25, 0.3) is 0 Å². The fourth-order valence-electron chi connectivity index (χ4n) is 4.65. The highest BCUT2D eigenvalue weighted by molar-refractivity contribution is 6.01. The van der Waals surface area contributed by atoms with E-state index in [1.165, 1.54) is 7.11 Å². The fourth-order valence-corrected chi connectivity index (χ4v) is 4.65. The third-order valence-corrected chi connectivity index (χ3v) is 6.65. The number of carbonyl (C=O) groups excluding carboxylic acids is 1. The number of aromatic nitrogens is 3. The molecule has 0 radical (unpaired) electrons. The molecule has 0 bridgehead atoms. The number of amides is 1. The van der Waals surface area contributed by atoms with E-state index in [1.54, 1.807) is 18.3 Å². The maximum atomic E-state index is 14.0. The summed E-state index contributed by atoms with van der Waals surface area (Å²) in [6, 6.07) is 3.84. The van der Waals surface area contributed by atoms with Crippen molar-refractivity contribution in [2.45, 2.75) is 56.8 Å². The van der Waals surface area contributed by atoms with Crippen molar-refractivity contribution in [3.63, 3.8) is 0 Å². The minimum absolute atomic E-state index is 0.0344. The van der Waals surface area contributed by atoms with Gasteiger partial charge < -0.3 is 20.4 Å². The topological polar surface area (TPSA) is 104 Å². The Bertz CT molecular complexity index is 1250. The molecule has 5 rings (SSSR count). The monoisotopic (exact) mass is 488 g/mol. The molecule has 2 aliphatic rings. The summed E-state index contributed by atoms with van der Waals surface area (Å²) in [5.74, 6) is 0.373. The zero-order chi connectivity index (χ0) is 24.7. The molecule has 2 atom stereocenters. The van der Waals surface area contributed by atoms with Crippen LogP contribution in [0.3, 0.4) is 0 Å². The Morgan fingerprint density at radius 1 is 1.20 bits per heavy atom. The van der Waals surface area contributed by atoms with Crippen LogP contribution in [0.25, 0.3) is 22.2 Å². The number of aromatic amines is 1. The van der Waals surface area contributed by atoms with Crippen LogP contribution in [-0.2, 0) is 10.9 Å². The van der Waals surface area contributed by atoms with Crippen LogP contribution in [-0.4, -0.2) is 46.8 Å². The SMILES string of the molecule is COC(=O)Nc1ccc2c(-c3nc(N[C@H]4CC[C@@H](C)NC4)ncc3C(F)(F)F)c[nH]c2c1C1CC1. The minimum atomic E-state index is -4.62. The number of rotatable bonds is 5. The van der Waals surface area contributed by atoms with Crippen molar-refractivity contribution in [3.8, 4) is 11.3 Å². The lowest BCUT2D eigenvalue weighted by molar-refractivity contribution is -0.137. The summed E-state index contributed by atoms with van der Waals surface area (Å²) in [4.78, 5) is 23.3. The second-order valence-electron chi connectivity index (χ2n) is 9.22. The van der Waals surface area contributed by atoms with Gasteiger partial charge in [0, 0.05) is 53.2 Å². The van der Waals surface area contributed by atoms with Crippen molar-refractivity contribution in [2.24, 2.45) is 0 Å². The van der Waals surface area contributed by atoms with E-state index < -0.39 is 17.8 Å². The number of piperidine rings is 1. The number of nitrogens with one attached hydrogen (secondary N) is 4. The first kappa shape index (κ1) is 23.4. The van der Waals surface area contributed by atoms with Crippen LogP contribution in [0.5, 0.6) is 0 Å². The predicted molar refractivity (Wildman–Crippen MR) is 126 cm³/mol. The smallest absolute Gasteiger partial charge is 0.419 e. The van der Waals surface area contributed by atoms with Gasteiger partial charge in [-0.2, -0.15) is 13.2 Å². The number of benzene rings is 1. The van der Waals surface area contributed by atoms with Crippen LogP contribution in [0, 0.1) is 0 Å². The standard InChI is InChI=1S/C24H27F3N6O2/c1-12-3-6-14(9-28-12)31-22-30-11-17(24(25,26)27)20(33-22)16-10-29-21-15(16)7-8-18(32-23(34)35-2)19(21)13-4-5-13/h7-8,10-14,28-29H,3-6,9H2,1-2H3,(H,32,34)(H,30,31,33)/t12-,14+/m1/s1. The van der Waals surface area contributed by atoms with Crippen LogP contribution >= 0.6 is 0 Å². The van der Waals surface area contributed by atoms with E-state index in [0.29, 0.717) is 34.7 Å². The molecule has 2 fully saturated rings. The highest BCUT2D eigenvalue weighted by Crippen LogP contribution is 2.48. The number of halogens is 3. The summed E-state index contributed by atoms with van der Waals surface area (Å²) in [7, 11) is 1.28. The van der Waals surface area contributed by atoms with Crippen molar-refractivity contribution in [1.82, 2.24) is 20.3 Å². The lowest BCUT2D eigenvalue weighted by Gasteiger charge is -2.28. The Labute approximate surface area is 200 Å². The van der Waals surface area contributed by atoms with E-state index in [9.17, 15) is 18.0 Å². The highest BCUT2D eigenvalue weighted by atomic mass is 19.4. The molecule has 1 aromatic carbocycles. The highest BCUT2D eigenvalue weighted by Gasteiger charge is 2.37.